The Kier molecular flexibility index (Phi) is 6.37. The summed E-state index contributed by atoms with van der Waals surface area (Å²) in [5, 5.41) is 3.15. The molecule has 1 aromatic carbocycles. The topological polar surface area (TPSA) is 77.1 Å². The van der Waals surface area contributed by atoms with Gasteiger partial charge >= 0.3 is 0 Å². The van der Waals surface area contributed by atoms with Gasteiger partial charge in [0.2, 0.25) is 5.91 Å². The number of ether oxygens (including phenoxy) is 3. The van der Waals surface area contributed by atoms with Crippen molar-refractivity contribution in [2.45, 2.75) is 82.1 Å². The van der Waals surface area contributed by atoms with E-state index in [-0.39, 0.29) is 42.7 Å². The number of nitrogens with one attached hydrogen (secondary N) is 1. The Morgan fingerprint density at radius 1 is 1.09 bits per heavy atom. The van der Waals surface area contributed by atoms with Crippen LogP contribution in [0.5, 0.6) is 5.75 Å². The van der Waals surface area contributed by atoms with Crippen LogP contribution in [-0.2, 0) is 19.1 Å². The molecular formula is C25H34N2O5. The average Bonchev–Trinajstić information content (AvgIpc) is 3.47. The monoisotopic (exact) mass is 442 g/mol. The molecule has 3 atom stereocenters. The lowest BCUT2D eigenvalue weighted by Gasteiger charge is -2.32. The molecule has 1 saturated carbocycles. The fourth-order valence-electron chi connectivity index (χ4n) is 5.88. The molecule has 7 nitrogen and oxygen atoms in total. The molecule has 2 bridgehead atoms. The van der Waals surface area contributed by atoms with E-state index in [1.54, 1.807) is 0 Å². The van der Waals surface area contributed by atoms with E-state index < -0.39 is 0 Å². The highest BCUT2D eigenvalue weighted by molar-refractivity contribution is 5.82. The van der Waals surface area contributed by atoms with Gasteiger partial charge in [-0.2, -0.15) is 0 Å². The van der Waals surface area contributed by atoms with Crippen molar-refractivity contribution < 1.29 is 23.8 Å². The Hall–Kier alpha value is -2.12. The van der Waals surface area contributed by atoms with Gasteiger partial charge in [0, 0.05) is 18.7 Å². The zero-order valence-corrected chi connectivity index (χ0v) is 18.9. The highest BCUT2D eigenvalue weighted by atomic mass is 16.5. The summed E-state index contributed by atoms with van der Waals surface area (Å²) in [6, 6.07) is 5.83. The highest BCUT2D eigenvalue weighted by Gasteiger charge is 2.40. The number of fused-ring (bicyclic) bond motifs is 5. The maximum Gasteiger partial charge on any atom is 0.260 e. The van der Waals surface area contributed by atoms with Gasteiger partial charge in [0.1, 0.15) is 11.9 Å². The maximum absolute atomic E-state index is 13.2. The third-order valence-electron chi connectivity index (χ3n) is 7.64. The molecule has 2 amide bonds. The number of rotatable bonds is 2. The van der Waals surface area contributed by atoms with Crippen molar-refractivity contribution >= 4 is 11.8 Å². The summed E-state index contributed by atoms with van der Waals surface area (Å²) < 4.78 is 18.0. The van der Waals surface area contributed by atoms with Gasteiger partial charge in [-0.1, -0.05) is 12.1 Å². The second-order valence-corrected chi connectivity index (χ2v) is 9.64. The first-order chi connectivity index (χ1) is 15.6. The molecule has 0 radical (unpaired) electrons. The zero-order valence-electron chi connectivity index (χ0n) is 18.9. The summed E-state index contributed by atoms with van der Waals surface area (Å²) >= 11 is 0. The minimum atomic E-state index is -0.367. The molecule has 7 heteroatoms. The lowest BCUT2D eigenvalue weighted by molar-refractivity contribution is -0.137. The van der Waals surface area contributed by atoms with Gasteiger partial charge in [-0.3, -0.25) is 9.59 Å². The lowest BCUT2D eigenvalue weighted by Crippen LogP contribution is -2.52. The van der Waals surface area contributed by atoms with Crippen LogP contribution in [-0.4, -0.2) is 67.4 Å². The standard InChI is InChI=1S/C25H34N2O5/c1-16-4-2-5-21-24(16)17-7-9-18(10-8-17)31-14-20-19(11-12-27(20)23(28)15-32-21)26-25(29)22-6-3-13-30-22/h2,4-5,17-20,22H,3,6-15H2,1H3,(H,26,29). The number of nitrogens with zero attached hydrogens (tertiary/aromatic N) is 1. The van der Waals surface area contributed by atoms with Crippen LogP contribution in [0.3, 0.4) is 0 Å². The van der Waals surface area contributed by atoms with E-state index in [9.17, 15) is 9.59 Å². The van der Waals surface area contributed by atoms with E-state index >= 15 is 0 Å². The first-order valence-corrected chi connectivity index (χ1v) is 12.2. The SMILES string of the molecule is Cc1cccc2c1C1CCC(CC1)OCC1C(NC(=O)C3CCCO3)CCN1C(=O)CO2. The van der Waals surface area contributed by atoms with Crippen LogP contribution in [0.15, 0.2) is 18.2 Å². The minimum absolute atomic E-state index is 0.00943. The Balaban J connectivity index is 1.35. The number of benzene rings is 1. The molecular weight excluding hydrogens is 408 g/mol. The van der Waals surface area contributed by atoms with E-state index in [0.29, 0.717) is 25.7 Å². The van der Waals surface area contributed by atoms with Crippen molar-refractivity contribution in [2.24, 2.45) is 0 Å². The van der Waals surface area contributed by atoms with Crippen LogP contribution < -0.4 is 10.1 Å². The second-order valence-electron chi connectivity index (χ2n) is 9.64. The molecule has 0 aromatic heterocycles. The summed E-state index contributed by atoms with van der Waals surface area (Å²) in [6.45, 7) is 3.82. The first kappa shape index (κ1) is 21.7. The van der Waals surface area contributed by atoms with E-state index in [1.165, 1.54) is 11.1 Å². The summed E-state index contributed by atoms with van der Waals surface area (Å²) in [5.41, 5.74) is 2.47. The summed E-state index contributed by atoms with van der Waals surface area (Å²) in [5.74, 6) is 1.17. The van der Waals surface area contributed by atoms with Gasteiger partial charge < -0.3 is 24.4 Å². The molecule has 1 aliphatic carbocycles. The fraction of sp³-hybridized carbons (Fsp3) is 0.680. The van der Waals surface area contributed by atoms with Crippen molar-refractivity contribution in [2.75, 3.05) is 26.4 Å². The van der Waals surface area contributed by atoms with Gasteiger partial charge in [-0.05, 0) is 69.4 Å². The van der Waals surface area contributed by atoms with Crippen LogP contribution in [0.1, 0.15) is 62.0 Å². The normalized spacial score (nSPS) is 32.8. The van der Waals surface area contributed by atoms with Gasteiger partial charge in [0.15, 0.2) is 6.61 Å². The Morgan fingerprint density at radius 3 is 2.72 bits per heavy atom. The van der Waals surface area contributed by atoms with Gasteiger partial charge in [0.25, 0.3) is 5.91 Å². The third-order valence-corrected chi connectivity index (χ3v) is 7.64. The number of carbonyl (C=O) groups excluding carboxylic acids is 2. The largest absolute Gasteiger partial charge is 0.483 e. The van der Waals surface area contributed by atoms with Crippen LogP contribution in [0.4, 0.5) is 0 Å². The Bertz CT molecular complexity index is 845. The van der Waals surface area contributed by atoms with E-state index in [4.69, 9.17) is 14.2 Å². The number of aryl methyl sites for hydroxylation is 1. The quantitative estimate of drug-likeness (QED) is 0.762. The highest BCUT2D eigenvalue weighted by Crippen LogP contribution is 2.40. The van der Waals surface area contributed by atoms with E-state index in [2.05, 4.69) is 18.3 Å². The fourth-order valence-corrected chi connectivity index (χ4v) is 5.88. The lowest BCUT2D eigenvalue weighted by atomic mass is 9.80. The van der Waals surface area contributed by atoms with Crippen molar-refractivity contribution in [3.63, 3.8) is 0 Å². The van der Waals surface area contributed by atoms with E-state index in [0.717, 1.165) is 50.7 Å². The van der Waals surface area contributed by atoms with Crippen LogP contribution >= 0.6 is 0 Å². The van der Waals surface area contributed by atoms with Gasteiger partial charge in [0.05, 0.1) is 24.8 Å². The molecule has 4 heterocycles. The second kappa shape index (κ2) is 9.40. The molecule has 6 rings (SSSR count). The molecule has 1 aromatic rings. The number of hydrogen-bond donors (Lipinski definition) is 1. The van der Waals surface area contributed by atoms with Crippen LogP contribution in [0, 0.1) is 6.92 Å². The number of amides is 2. The molecule has 3 unspecified atom stereocenters. The molecule has 5 aliphatic rings. The van der Waals surface area contributed by atoms with Crippen molar-refractivity contribution in [1.29, 1.82) is 0 Å². The van der Waals surface area contributed by atoms with Crippen molar-refractivity contribution in [1.82, 2.24) is 10.2 Å². The zero-order chi connectivity index (χ0) is 22.1. The van der Waals surface area contributed by atoms with Crippen molar-refractivity contribution in [3.8, 4) is 5.75 Å². The predicted molar refractivity (Wildman–Crippen MR) is 119 cm³/mol. The van der Waals surface area contributed by atoms with Gasteiger partial charge in [-0.25, -0.2) is 0 Å². The molecule has 174 valence electrons. The number of hydrogen-bond acceptors (Lipinski definition) is 5. The molecule has 4 aliphatic heterocycles. The maximum atomic E-state index is 13.2. The van der Waals surface area contributed by atoms with E-state index in [1.807, 2.05) is 17.0 Å². The van der Waals surface area contributed by atoms with Crippen LogP contribution in [0.2, 0.25) is 0 Å². The summed E-state index contributed by atoms with van der Waals surface area (Å²) in [4.78, 5) is 27.7. The summed E-state index contributed by atoms with van der Waals surface area (Å²) in [6.07, 6.45) is 6.37. The van der Waals surface area contributed by atoms with Gasteiger partial charge in [-0.15, -0.1) is 0 Å². The minimum Gasteiger partial charge on any atom is -0.483 e. The Labute approximate surface area is 189 Å². The smallest absolute Gasteiger partial charge is 0.260 e. The molecule has 1 N–H and O–H groups in total. The number of carbonyl (C=O) groups is 2. The predicted octanol–water partition coefficient (Wildman–Crippen LogP) is 2.69. The molecule has 3 fully saturated rings. The molecule has 0 spiro atoms. The average molecular weight is 443 g/mol. The molecule has 32 heavy (non-hydrogen) atoms. The summed E-state index contributed by atoms with van der Waals surface area (Å²) in [7, 11) is 0. The molecule has 2 saturated heterocycles. The van der Waals surface area contributed by atoms with Crippen LogP contribution in [0.25, 0.3) is 0 Å². The first-order valence-electron chi connectivity index (χ1n) is 12.2. The third kappa shape index (κ3) is 4.37. The van der Waals surface area contributed by atoms with Crippen molar-refractivity contribution in [3.05, 3.63) is 29.3 Å². The Morgan fingerprint density at radius 2 is 1.94 bits per heavy atom.